The van der Waals surface area contributed by atoms with Crippen LogP contribution in [0.25, 0.3) is 0 Å². The molecule has 0 amide bonds. The summed E-state index contributed by atoms with van der Waals surface area (Å²) in [5, 5.41) is 8.82. The largest absolute Gasteiger partial charge is 0.257 e. The lowest BCUT2D eigenvalue weighted by atomic mass is 10.1. The topological polar surface area (TPSA) is 74.1 Å². The van der Waals surface area contributed by atoms with Gasteiger partial charge in [0.25, 0.3) is 0 Å². The van der Waals surface area contributed by atoms with Gasteiger partial charge in [-0.3, -0.25) is 4.98 Å². The minimum Gasteiger partial charge on any atom is -0.257 e. The number of benzene rings is 1. The monoisotopic (exact) mass is 327 g/mol. The zero-order valence-corrected chi connectivity index (χ0v) is 13.9. The summed E-state index contributed by atoms with van der Waals surface area (Å²) in [4.78, 5) is 4.70. The molecule has 0 aliphatic carbocycles. The van der Waals surface area contributed by atoms with Gasteiger partial charge in [0, 0.05) is 18.8 Å². The average molecular weight is 327 g/mol. The lowest BCUT2D eigenvalue weighted by Crippen LogP contribution is -2.25. The maximum absolute atomic E-state index is 12.8. The molecule has 6 heteroatoms. The second-order valence-corrected chi connectivity index (χ2v) is 7.70. The molecule has 0 saturated heterocycles. The number of rotatable bonds is 3. The SMILES string of the molecule is Cc1ccc(S(=O)(=O)N2Cc3cc(CC#N)nc(C)c3C2)cc1. The highest BCUT2D eigenvalue weighted by atomic mass is 32.2. The quantitative estimate of drug-likeness (QED) is 0.868. The van der Waals surface area contributed by atoms with Crippen molar-refractivity contribution in [3.63, 3.8) is 0 Å². The zero-order chi connectivity index (χ0) is 16.6. The minimum atomic E-state index is -3.52. The van der Waals surface area contributed by atoms with E-state index >= 15 is 0 Å². The van der Waals surface area contributed by atoms with Gasteiger partial charge in [0.15, 0.2) is 0 Å². The van der Waals surface area contributed by atoms with E-state index in [9.17, 15) is 8.42 Å². The van der Waals surface area contributed by atoms with Crippen LogP contribution in [0.15, 0.2) is 35.2 Å². The molecule has 0 saturated carbocycles. The van der Waals surface area contributed by atoms with E-state index < -0.39 is 10.0 Å². The van der Waals surface area contributed by atoms with Gasteiger partial charge in [0.05, 0.1) is 23.1 Å². The first-order valence-corrected chi connectivity index (χ1v) is 8.78. The maximum Gasteiger partial charge on any atom is 0.243 e. The van der Waals surface area contributed by atoms with Crippen molar-refractivity contribution in [2.45, 2.75) is 38.3 Å². The first-order chi connectivity index (χ1) is 10.9. The van der Waals surface area contributed by atoms with E-state index in [0.29, 0.717) is 23.7 Å². The molecular weight excluding hydrogens is 310 g/mol. The molecule has 0 unspecified atom stereocenters. The first-order valence-electron chi connectivity index (χ1n) is 7.34. The van der Waals surface area contributed by atoms with E-state index in [4.69, 9.17) is 5.26 Å². The van der Waals surface area contributed by atoms with Crippen molar-refractivity contribution >= 4 is 10.0 Å². The zero-order valence-electron chi connectivity index (χ0n) is 13.1. The Morgan fingerprint density at radius 1 is 1.22 bits per heavy atom. The Kier molecular flexibility index (Phi) is 3.92. The maximum atomic E-state index is 12.8. The molecular formula is C17H17N3O2S. The van der Waals surface area contributed by atoms with Gasteiger partial charge in [-0.05, 0) is 43.2 Å². The summed E-state index contributed by atoms with van der Waals surface area (Å²) in [6.45, 7) is 4.44. The van der Waals surface area contributed by atoms with E-state index in [1.807, 2.05) is 19.9 Å². The predicted octanol–water partition coefficient (Wildman–Crippen LogP) is 2.47. The van der Waals surface area contributed by atoms with Crippen LogP contribution in [0, 0.1) is 25.2 Å². The molecule has 5 nitrogen and oxygen atoms in total. The fraction of sp³-hybridized carbons (Fsp3) is 0.294. The number of aryl methyl sites for hydroxylation is 2. The van der Waals surface area contributed by atoms with Crippen LogP contribution in [-0.2, 0) is 29.5 Å². The van der Waals surface area contributed by atoms with Crippen molar-refractivity contribution in [2.75, 3.05) is 0 Å². The molecule has 1 aromatic carbocycles. The Labute approximate surface area is 136 Å². The van der Waals surface area contributed by atoms with Crippen molar-refractivity contribution in [1.29, 1.82) is 5.26 Å². The molecule has 0 spiro atoms. The summed E-state index contributed by atoms with van der Waals surface area (Å²) in [7, 11) is -3.52. The third kappa shape index (κ3) is 2.85. The van der Waals surface area contributed by atoms with Crippen LogP contribution >= 0.6 is 0 Å². The standard InChI is InChI=1S/C17H17N3O2S/c1-12-3-5-16(6-4-12)23(21,22)20-10-14-9-15(7-8-18)19-13(2)17(14)11-20/h3-6,9H,7,10-11H2,1-2H3. The normalized spacial score (nSPS) is 14.5. The Hall–Kier alpha value is -2.23. The van der Waals surface area contributed by atoms with Crippen molar-refractivity contribution < 1.29 is 8.42 Å². The number of hydrogen-bond acceptors (Lipinski definition) is 4. The van der Waals surface area contributed by atoms with Gasteiger partial charge in [0.2, 0.25) is 10.0 Å². The van der Waals surface area contributed by atoms with Crippen LogP contribution in [0.2, 0.25) is 0 Å². The molecule has 2 aromatic rings. The summed E-state index contributed by atoms with van der Waals surface area (Å²) in [6, 6.07) is 10.8. The Morgan fingerprint density at radius 3 is 2.57 bits per heavy atom. The van der Waals surface area contributed by atoms with Crippen molar-refractivity contribution in [3.05, 3.63) is 58.4 Å². The number of sulfonamides is 1. The molecule has 1 aliphatic rings. The molecule has 0 bridgehead atoms. The number of hydrogen-bond donors (Lipinski definition) is 0. The molecule has 3 rings (SSSR count). The molecule has 2 heterocycles. The van der Waals surface area contributed by atoms with Crippen LogP contribution in [-0.4, -0.2) is 17.7 Å². The molecule has 23 heavy (non-hydrogen) atoms. The third-order valence-corrected chi connectivity index (χ3v) is 5.88. The smallest absolute Gasteiger partial charge is 0.243 e. The molecule has 0 atom stereocenters. The molecule has 0 fully saturated rings. The van der Waals surface area contributed by atoms with Gasteiger partial charge >= 0.3 is 0 Å². The summed E-state index contributed by atoms with van der Waals surface area (Å²) in [5.41, 5.74) is 4.41. The van der Waals surface area contributed by atoms with Crippen LogP contribution in [0.4, 0.5) is 0 Å². The van der Waals surface area contributed by atoms with E-state index in [2.05, 4.69) is 11.1 Å². The lowest BCUT2D eigenvalue weighted by Gasteiger charge is -2.15. The van der Waals surface area contributed by atoms with Gasteiger partial charge in [0.1, 0.15) is 0 Å². The van der Waals surface area contributed by atoms with Gasteiger partial charge in [-0.25, -0.2) is 8.42 Å². The van der Waals surface area contributed by atoms with Gasteiger partial charge in [-0.1, -0.05) is 17.7 Å². The summed E-state index contributed by atoms with van der Waals surface area (Å²) < 4.78 is 27.0. The van der Waals surface area contributed by atoms with Crippen molar-refractivity contribution in [3.8, 4) is 6.07 Å². The number of fused-ring (bicyclic) bond motifs is 1. The summed E-state index contributed by atoms with van der Waals surface area (Å²) in [6.07, 6.45) is 0.235. The Morgan fingerprint density at radius 2 is 1.91 bits per heavy atom. The summed E-state index contributed by atoms with van der Waals surface area (Å²) >= 11 is 0. The number of nitrogens with zero attached hydrogens (tertiary/aromatic N) is 3. The van der Waals surface area contributed by atoms with E-state index in [-0.39, 0.29) is 6.42 Å². The fourth-order valence-corrected chi connectivity index (χ4v) is 4.20. The molecule has 0 radical (unpaired) electrons. The number of pyridine rings is 1. The average Bonchev–Trinajstić information content (AvgIpc) is 2.93. The van der Waals surface area contributed by atoms with Crippen molar-refractivity contribution in [2.24, 2.45) is 0 Å². The highest BCUT2D eigenvalue weighted by Crippen LogP contribution is 2.30. The molecule has 0 N–H and O–H groups in total. The summed E-state index contributed by atoms with van der Waals surface area (Å²) in [5.74, 6) is 0. The number of nitriles is 1. The van der Waals surface area contributed by atoms with Gasteiger partial charge in [-0.15, -0.1) is 0 Å². The fourth-order valence-electron chi connectivity index (χ4n) is 2.82. The predicted molar refractivity (Wildman–Crippen MR) is 85.9 cm³/mol. The molecule has 1 aromatic heterocycles. The highest BCUT2D eigenvalue weighted by molar-refractivity contribution is 7.89. The first kappa shape index (κ1) is 15.7. The van der Waals surface area contributed by atoms with Crippen LogP contribution in [0.1, 0.15) is 28.1 Å². The van der Waals surface area contributed by atoms with Crippen LogP contribution in [0.5, 0.6) is 0 Å². The van der Waals surface area contributed by atoms with E-state index in [0.717, 1.165) is 22.4 Å². The van der Waals surface area contributed by atoms with Crippen LogP contribution < -0.4 is 0 Å². The van der Waals surface area contributed by atoms with E-state index in [1.54, 1.807) is 24.3 Å². The Bertz CT molecular complexity index is 897. The third-order valence-electron chi connectivity index (χ3n) is 4.08. The van der Waals surface area contributed by atoms with Gasteiger partial charge < -0.3 is 0 Å². The highest BCUT2D eigenvalue weighted by Gasteiger charge is 2.32. The lowest BCUT2D eigenvalue weighted by molar-refractivity contribution is 0.431. The molecule has 1 aliphatic heterocycles. The van der Waals surface area contributed by atoms with Crippen LogP contribution in [0.3, 0.4) is 0 Å². The number of aromatic nitrogens is 1. The second-order valence-electron chi connectivity index (χ2n) is 5.76. The second kappa shape index (κ2) is 5.76. The van der Waals surface area contributed by atoms with Gasteiger partial charge in [-0.2, -0.15) is 9.57 Å². The van der Waals surface area contributed by atoms with E-state index in [1.165, 1.54) is 4.31 Å². The minimum absolute atomic E-state index is 0.235. The van der Waals surface area contributed by atoms with Crippen molar-refractivity contribution in [1.82, 2.24) is 9.29 Å². The Balaban J connectivity index is 1.94. The molecule has 118 valence electrons.